The van der Waals surface area contributed by atoms with Crippen LogP contribution in [0.4, 0.5) is 0 Å². The van der Waals surface area contributed by atoms with Crippen LogP contribution in [0.1, 0.15) is 59.3 Å². The summed E-state index contributed by atoms with van der Waals surface area (Å²) >= 11 is 0.381. The number of Topliss-reactive ketones (excluding diaryl/α,β-unsaturated/α-hetero) is 1. The Kier molecular flexibility index (Phi) is 3.59. The van der Waals surface area contributed by atoms with Gasteiger partial charge in [0, 0.05) is 0 Å². The molecule has 22 heavy (non-hydrogen) atoms. The van der Waals surface area contributed by atoms with Crippen LogP contribution >= 0.6 is 0 Å². The van der Waals surface area contributed by atoms with Gasteiger partial charge in [-0.25, -0.2) is 0 Å². The number of ether oxygens (including phenoxy) is 2. The van der Waals surface area contributed by atoms with Gasteiger partial charge in [-0.1, -0.05) is 0 Å². The number of carbonyl (C=O) groups is 1. The van der Waals surface area contributed by atoms with Gasteiger partial charge in [-0.05, 0) is 0 Å². The van der Waals surface area contributed by atoms with Gasteiger partial charge in [-0.3, -0.25) is 0 Å². The molecule has 0 N–H and O–H groups in total. The standard InChI is InChI=1S/C18H28O3Se/c1-16(2)13-6-8-17(16,3)15(19)14(13)22-11-12-5-9-18(21-12)7-4-10-20-18/h12-14H,4-11H2,1-3H3/t12-,13-,14+,17+,18-/m1/s1. The summed E-state index contributed by atoms with van der Waals surface area (Å²) in [5, 5.41) is 1.09. The van der Waals surface area contributed by atoms with Crippen LogP contribution in [0.5, 0.6) is 0 Å². The van der Waals surface area contributed by atoms with Gasteiger partial charge in [-0.15, -0.1) is 0 Å². The summed E-state index contributed by atoms with van der Waals surface area (Å²) in [5.74, 6) is 0.937. The normalized spacial score (nSPS) is 49.6. The molecule has 2 aliphatic carbocycles. The fraction of sp³-hybridized carbons (Fsp3) is 0.944. The van der Waals surface area contributed by atoms with Gasteiger partial charge in [0.05, 0.1) is 0 Å². The molecule has 4 aliphatic rings. The molecular formula is C18H28O3Se. The maximum absolute atomic E-state index is 12.9. The predicted molar refractivity (Wildman–Crippen MR) is 86.0 cm³/mol. The van der Waals surface area contributed by atoms with Crippen LogP contribution in [-0.2, 0) is 14.3 Å². The zero-order valence-electron chi connectivity index (χ0n) is 14.0. The van der Waals surface area contributed by atoms with Crippen LogP contribution in [0.2, 0.25) is 10.1 Å². The molecule has 4 fully saturated rings. The summed E-state index contributed by atoms with van der Waals surface area (Å²) in [4.78, 5) is 13.2. The molecular weight excluding hydrogens is 343 g/mol. The Hall–Kier alpha value is 0.109. The maximum atomic E-state index is 12.9. The first-order chi connectivity index (χ1) is 10.4. The van der Waals surface area contributed by atoms with Crippen molar-refractivity contribution in [2.45, 2.75) is 81.3 Å². The first-order valence-corrected chi connectivity index (χ1v) is 11.1. The summed E-state index contributed by atoms with van der Waals surface area (Å²) in [7, 11) is 0. The molecule has 0 radical (unpaired) electrons. The molecule has 4 rings (SSSR count). The van der Waals surface area contributed by atoms with Crippen molar-refractivity contribution in [2.75, 3.05) is 6.61 Å². The van der Waals surface area contributed by atoms with E-state index < -0.39 is 0 Å². The molecule has 0 unspecified atom stereocenters. The average Bonchev–Trinajstić information content (AvgIpc) is 3.18. The summed E-state index contributed by atoms with van der Waals surface area (Å²) in [5.41, 5.74) is 0.138. The molecule has 5 atom stereocenters. The molecule has 2 aliphatic heterocycles. The van der Waals surface area contributed by atoms with E-state index in [1.165, 1.54) is 6.42 Å². The third-order valence-electron chi connectivity index (χ3n) is 7.23. The zero-order chi connectivity index (χ0) is 15.6. The van der Waals surface area contributed by atoms with E-state index >= 15 is 0 Å². The van der Waals surface area contributed by atoms with E-state index in [0.717, 1.165) is 44.0 Å². The molecule has 2 heterocycles. The van der Waals surface area contributed by atoms with Crippen LogP contribution in [-0.4, -0.2) is 39.2 Å². The summed E-state index contributed by atoms with van der Waals surface area (Å²) < 4.78 is 12.1. The van der Waals surface area contributed by atoms with Gasteiger partial charge in [0.25, 0.3) is 0 Å². The average molecular weight is 371 g/mol. The van der Waals surface area contributed by atoms with E-state index in [-0.39, 0.29) is 16.6 Å². The van der Waals surface area contributed by atoms with Crippen LogP contribution in [0, 0.1) is 16.7 Å². The summed E-state index contributed by atoms with van der Waals surface area (Å²) in [6.45, 7) is 7.73. The van der Waals surface area contributed by atoms with E-state index in [0.29, 0.717) is 37.6 Å². The Labute approximate surface area is 140 Å². The van der Waals surface area contributed by atoms with Crippen molar-refractivity contribution in [3.63, 3.8) is 0 Å². The molecule has 0 aromatic heterocycles. The molecule has 2 saturated carbocycles. The van der Waals surface area contributed by atoms with Crippen molar-refractivity contribution < 1.29 is 14.3 Å². The predicted octanol–water partition coefficient (Wildman–Crippen LogP) is 3.61. The van der Waals surface area contributed by atoms with Crippen LogP contribution in [0.15, 0.2) is 0 Å². The number of rotatable bonds is 3. The first kappa shape index (κ1) is 15.6. The van der Waals surface area contributed by atoms with E-state index in [1.54, 1.807) is 0 Å². The van der Waals surface area contributed by atoms with Crippen LogP contribution < -0.4 is 0 Å². The van der Waals surface area contributed by atoms with Crippen LogP contribution in [0.25, 0.3) is 0 Å². The van der Waals surface area contributed by atoms with Crippen molar-refractivity contribution in [1.29, 1.82) is 0 Å². The second-order valence-electron chi connectivity index (χ2n) is 8.46. The third kappa shape index (κ3) is 2.03. The number of fused-ring (bicyclic) bond motifs is 2. The Morgan fingerprint density at radius 3 is 2.64 bits per heavy atom. The SMILES string of the molecule is CC1(C)[C@@H]2CC[C@@]1(C)C(=O)[C@H]2[Se]C[C@H]1CC[C@@]2(CCCO2)O1. The second-order valence-corrected chi connectivity index (χ2v) is 10.9. The van der Waals surface area contributed by atoms with Crippen molar-refractivity contribution >= 4 is 20.7 Å². The quantitative estimate of drug-likeness (QED) is 0.711. The van der Waals surface area contributed by atoms with Gasteiger partial charge in [0.1, 0.15) is 0 Å². The van der Waals surface area contributed by atoms with Crippen molar-refractivity contribution in [2.24, 2.45) is 16.7 Å². The fourth-order valence-corrected chi connectivity index (χ4v) is 9.02. The summed E-state index contributed by atoms with van der Waals surface area (Å²) in [6, 6.07) is 0. The Balaban J connectivity index is 1.38. The molecule has 0 aromatic rings. The molecule has 2 bridgehead atoms. The number of carbonyl (C=O) groups excluding carboxylic acids is 1. The fourth-order valence-electron chi connectivity index (χ4n) is 5.29. The topological polar surface area (TPSA) is 35.5 Å². The third-order valence-corrected chi connectivity index (χ3v) is 10.3. The van der Waals surface area contributed by atoms with Crippen molar-refractivity contribution in [3.8, 4) is 0 Å². The zero-order valence-corrected chi connectivity index (χ0v) is 15.7. The molecule has 3 nitrogen and oxygen atoms in total. The van der Waals surface area contributed by atoms with Gasteiger partial charge < -0.3 is 0 Å². The van der Waals surface area contributed by atoms with E-state index in [1.807, 2.05) is 0 Å². The van der Waals surface area contributed by atoms with Crippen molar-refractivity contribution in [3.05, 3.63) is 0 Å². The first-order valence-electron chi connectivity index (χ1n) is 8.86. The van der Waals surface area contributed by atoms with Gasteiger partial charge in [0.2, 0.25) is 0 Å². The minimum atomic E-state index is -0.245. The monoisotopic (exact) mass is 372 g/mol. The number of hydrogen-bond acceptors (Lipinski definition) is 3. The molecule has 1 spiro atoms. The van der Waals surface area contributed by atoms with Gasteiger partial charge in [-0.2, -0.15) is 0 Å². The van der Waals surface area contributed by atoms with Crippen LogP contribution in [0.3, 0.4) is 0 Å². The molecule has 2 saturated heterocycles. The molecule has 0 aromatic carbocycles. The second kappa shape index (κ2) is 5.05. The summed E-state index contributed by atoms with van der Waals surface area (Å²) in [6.07, 6.45) is 7.06. The Bertz CT molecular complexity index is 483. The molecule has 0 amide bonds. The van der Waals surface area contributed by atoms with Gasteiger partial charge >= 0.3 is 140 Å². The molecule has 124 valence electrons. The number of ketones is 1. The van der Waals surface area contributed by atoms with E-state index in [2.05, 4.69) is 20.8 Å². The van der Waals surface area contributed by atoms with E-state index in [9.17, 15) is 4.79 Å². The van der Waals surface area contributed by atoms with Gasteiger partial charge in [0.15, 0.2) is 0 Å². The minimum absolute atomic E-state index is 0.0591. The van der Waals surface area contributed by atoms with E-state index in [4.69, 9.17) is 9.47 Å². The Morgan fingerprint density at radius 2 is 2.00 bits per heavy atom. The number of hydrogen-bond donors (Lipinski definition) is 0. The molecule has 4 heteroatoms. The Morgan fingerprint density at radius 1 is 1.18 bits per heavy atom. The van der Waals surface area contributed by atoms with Crippen molar-refractivity contribution in [1.82, 2.24) is 0 Å².